The van der Waals surface area contributed by atoms with Gasteiger partial charge in [-0.05, 0) is 30.5 Å². The number of amides is 1. The second kappa shape index (κ2) is 6.78. The lowest BCUT2D eigenvalue weighted by molar-refractivity contribution is -0.117. The number of hydrogen-bond acceptors (Lipinski definition) is 4. The van der Waals surface area contributed by atoms with Crippen LogP contribution in [0.25, 0.3) is 0 Å². The van der Waals surface area contributed by atoms with Gasteiger partial charge in [0.2, 0.25) is 5.91 Å². The van der Waals surface area contributed by atoms with Crippen molar-refractivity contribution in [3.63, 3.8) is 0 Å². The van der Waals surface area contributed by atoms with Gasteiger partial charge in [-0.15, -0.1) is 0 Å². The highest BCUT2D eigenvalue weighted by Crippen LogP contribution is 2.12. The molecule has 7 heteroatoms. The van der Waals surface area contributed by atoms with E-state index in [0.29, 0.717) is 17.8 Å². The molecule has 0 spiro atoms. The van der Waals surface area contributed by atoms with Crippen LogP contribution in [0.5, 0.6) is 0 Å². The van der Waals surface area contributed by atoms with E-state index in [0.717, 1.165) is 31.5 Å². The minimum absolute atomic E-state index is 0.0864. The number of aliphatic hydroxyl groups is 1. The zero-order valence-electron chi connectivity index (χ0n) is 12.9. The van der Waals surface area contributed by atoms with Gasteiger partial charge in [0.15, 0.2) is 0 Å². The number of nitrogens with zero attached hydrogens (tertiary/aromatic N) is 3. The van der Waals surface area contributed by atoms with E-state index < -0.39 is 0 Å². The Morgan fingerprint density at radius 3 is 3.00 bits per heavy atom. The van der Waals surface area contributed by atoms with Crippen LogP contribution in [0.1, 0.15) is 30.7 Å². The fourth-order valence-corrected chi connectivity index (χ4v) is 2.81. The first-order valence-electron chi connectivity index (χ1n) is 7.83. The maximum Gasteiger partial charge on any atom is 0.346 e. The Balaban J connectivity index is 1.72. The maximum atomic E-state index is 12.3. The van der Waals surface area contributed by atoms with E-state index in [2.05, 4.69) is 10.4 Å². The van der Waals surface area contributed by atoms with Gasteiger partial charge in [0.1, 0.15) is 12.4 Å². The fraction of sp³-hybridized carbons (Fsp3) is 0.438. The number of nitrogens with one attached hydrogen (secondary N) is 1. The lowest BCUT2D eigenvalue weighted by Gasteiger charge is -2.06. The lowest BCUT2D eigenvalue weighted by Crippen LogP contribution is -2.30. The van der Waals surface area contributed by atoms with Crippen LogP contribution in [0, 0.1) is 0 Å². The first kappa shape index (κ1) is 15.5. The zero-order chi connectivity index (χ0) is 16.2. The molecule has 0 aliphatic carbocycles. The molecule has 2 N–H and O–H groups in total. The number of aromatic nitrogens is 3. The molecule has 0 radical (unpaired) electrons. The van der Waals surface area contributed by atoms with E-state index >= 15 is 0 Å². The van der Waals surface area contributed by atoms with Crippen molar-refractivity contribution in [3.8, 4) is 0 Å². The Kier molecular flexibility index (Phi) is 4.57. The number of anilines is 1. The number of hydrogen-bond donors (Lipinski definition) is 2. The van der Waals surface area contributed by atoms with Crippen LogP contribution in [0.2, 0.25) is 0 Å². The van der Waals surface area contributed by atoms with Gasteiger partial charge in [0.05, 0.1) is 6.61 Å². The number of carbonyl (C=O) groups excluding carboxylic acids is 1. The molecule has 1 aromatic carbocycles. The maximum absolute atomic E-state index is 12.3. The average molecular weight is 316 g/mol. The van der Waals surface area contributed by atoms with Crippen molar-refractivity contribution >= 4 is 11.6 Å². The Morgan fingerprint density at radius 2 is 2.17 bits per heavy atom. The third-order valence-electron chi connectivity index (χ3n) is 3.97. The standard InChI is InChI=1S/C16H20N4O3/c21-11-12-5-4-6-13(9-12)17-15(22)10-20-16(23)19-8-3-1-2-7-14(19)18-20/h4-6,9,21H,1-3,7-8,10-11H2,(H,17,22). The number of benzene rings is 1. The molecule has 1 aliphatic heterocycles. The normalized spacial score (nSPS) is 14.1. The molecule has 23 heavy (non-hydrogen) atoms. The van der Waals surface area contributed by atoms with Gasteiger partial charge >= 0.3 is 5.69 Å². The van der Waals surface area contributed by atoms with Crippen molar-refractivity contribution in [2.45, 2.75) is 45.4 Å². The molecule has 1 aromatic heterocycles. The molecule has 122 valence electrons. The van der Waals surface area contributed by atoms with Gasteiger partial charge < -0.3 is 10.4 Å². The minimum atomic E-state index is -0.310. The smallest absolute Gasteiger partial charge is 0.346 e. The third kappa shape index (κ3) is 3.50. The molecule has 0 unspecified atom stereocenters. The van der Waals surface area contributed by atoms with Crippen LogP contribution < -0.4 is 11.0 Å². The summed E-state index contributed by atoms with van der Waals surface area (Å²) in [7, 11) is 0. The molecule has 0 saturated carbocycles. The van der Waals surface area contributed by atoms with Gasteiger partial charge in [0, 0.05) is 18.7 Å². The summed E-state index contributed by atoms with van der Waals surface area (Å²) in [5, 5.41) is 16.1. The van der Waals surface area contributed by atoms with Crippen molar-refractivity contribution < 1.29 is 9.90 Å². The number of carbonyl (C=O) groups is 1. The largest absolute Gasteiger partial charge is 0.392 e. The average Bonchev–Trinajstić information content (AvgIpc) is 2.73. The Morgan fingerprint density at radius 1 is 1.30 bits per heavy atom. The molecule has 0 fully saturated rings. The van der Waals surface area contributed by atoms with Gasteiger partial charge in [0.25, 0.3) is 0 Å². The van der Waals surface area contributed by atoms with E-state index in [-0.39, 0.29) is 24.7 Å². The monoisotopic (exact) mass is 316 g/mol. The number of rotatable bonds is 4. The molecule has 2 aromatic rings. The molecule has 1 aliphatic rings. The molecule has 3 rings (SSSR count). The van der Waals surface area contributed by atoms with Gasteiger partial charge in [-0.1, -0.05) is 18.6 Å². The highest BCUT2D eigenvalue weighted by atomic mass is 16.3. The number of fused-ring (bicyclic) bond motifs is 1. The molecular formula is C16H20N4O3. The number of aryl methyl sites for hydroxylation is 1. The van der Waals surface area contributed by atoms with E-state index in [1.807, 2.05) is 0 Å². The van der Waals surface area contributed by atoms with Crippen LogP contribution in [-0.4, -0.2) is 25.4 Å². The first-order chi connectivity index (χ1) is 11.2. The van der Waals surface area contributed by atoms with Gasteiger partial charge in [-0.25, -0.2) is 9.48 Å². The molecular weight excluding hydrogens is 296 g/mol. The summed E-state index contributed by atoms with van der Waals surface area (Å²) in [6.07, 6.45) is 3.88. The first-order valence-corrected chi connectivity index (χ1v) is 7.83. The van der Waals surface area contributed by atoms with E-state index in [9.17, 15) is 9.59 Å². The van der Waals surface area contributed by atoms with Crippen LogP contribution in [0.15, 0.2) is 29.1 Å². The van der Waals surface area contributed by atoms with Crippen LogP contribution in [0.3, 0.4) is 0 Å². The molecule has 0 bridgehead atoms. The summed E-state index contributed by atoms with van der Waals surface area (Å²) < 4.78 is 2.90. The summed E-state index contributed by atoms with van der Waals surface area (Å²) in [6, 6.07) is 6.96. The summed E-state index contributed by atoms with van der Waals surface area (Å²) in [5.41, 5.74) is 1.09. The predicted molar refractivity (Wildman–Crippen MR) is 85.0 cm³/mol. The summed E-state index contributed by atoms with van der Waals surface area (Å²) in [4.78, 5) is 24.4. The Bertz CT molecular complexity index is 763. The van der Waals surface area contributed by atoms with Gasteiger partial charge in [-0.2, -0.15) is 5.10 Å². The minimum Gasteiger partial charge on any atom is -0.392 e. The third-order valence-corrected chi connectivity index (χ3v) is 3.97. The van der Waals surface area contributed by atoms with Crippen LogP contribution in [0.4, 0.5) is 5.69 Å². The second-order valence-corrected chi connectivity index (χ2v) is 5.73. The zero-order valence-corrected chi connectivity index (χ0v) is 12.9. The van der Waals surface area contributed by atoms with Crippen molar-refractivity contribution in [1.29, 1.82) is 0 Å². The predicted octanol–water partition coefficient (Wildman–Crippen LogP) is 0.902. The van der Waals surface area contributed by atoms with E-state index in [1.165, 1.54) is 4.68 Å². The Hall–Kier alpha value is -2.41. The lowest BCUT2D eigenvalue weighted by atomic mass is 10.2. The summed E-state index contributed by atoms with van der Waals surface area (Å²) in [6.45, 7) is 0.480. The SMILES string of the molecule is O=C(Cn1nc2n(c1=O)CCCCC2)Nc1cccc(CO)c1. The Labute approximate surface area is 133 Å². The molecule has 0 saturated heterocycles. The van der Waals surface area contributed by atoms with Gasteiger partial charge in [-0.3, -0.25) is 9.36 Å². The highest BCUT2D eigenvalue weighted by Gasteiger charge is 2.17. The van der Waals surface area contributed by atoms with E-state index in [4.69, 9.17) is 5.11 Å². The topological polar surface area (TPSA) is 89.2 Å². The molecule has 2 heterocycles. The second-order valence-electron chi connectivity index (χ2n) is 5.73. The van der Waals surface area contributed by atoms with Crippen LogP contribution in [-0.2, 0) is 30.9 Å². The van der Waals surface area contributed by atoms with Crippen molar-refractivity contribution in [1.82, 2.24) is 14.3 Å². The quantitative estimate of drug-likeness (QED) is 0.877. The summed E-state index contributed by atoms with van der Waals surface area (Å²) in [5.74, 6) is 0.457. The van der Waals surface area contributed by atoms with Crippen molar-refractivity contribution in [2.24, 2.45) is 0 Å². The van der Waals surface area contributed by atoms with Crippen LogP contribution >= 0.6 is 0 Å². The van der Waals surface area contributed by atoms with Crippen molar-refractivity contribution in [2.75, 3.05) is 5.32 Å². The van der Waals surface area contributed by atoms with Crippen molar-refractivity contribution in [3.05, 3.63) is 46.1 Å². The highest BCUT2D eigenvalue weighted by molar-refractivity contribution is 5.90. The molecule has 0 atom stereocenters. The molecule has 7 nitrogen and oxygen atoms in total. The fourth-order valence-electron chi connectivity index (χ4n) is 2.81. The van der Waals surface area contributed by atoms with E-state index in [1.54, 1.807) is 28.8 Å². The molecule has 1 amide bonds. The summed E-state index contributed by atoms with van der Waals surface area (Å²) >= 11 is 0. The number of aliphatic hydroxyl groups excluding tert-OH is 1.